The number of nitrogens with two attached hydrogens (primary N) is 1. The van der Waals surface area contributed by atoms with Crippen molar-refractivity contribution in [2.75, 3.05) is 0 Å². The van der Waals surface area contributed by atoms with E-state index in [1.165, 1.54) is 0 Å². The van der Waals surface area contributed by atoms with Gasteiger partial charge in [0.25, 0.3) is 0 Å². The molecule has 5 nitrogen and oxygen atoms in total. The summed E-state index contributed by atoms with van der Waals surface area (Å²) in [6.07, 6.45) is 1.37. The van der Waals surface area contributed by atoms with Crippen LogP contribution in [-0.4, -0.2) is 29.1 Å². The van der Waals surface area contributed by atoms with E-state index in [9.17, 15) is 9.59 Å². The van der Waals surface area contributed by atoms with Crippen molar-refractivity contribution < 1.29 is 14.7 Å². The number of amides is 1. The molecule has 2 atom stereocenters. The fraction of sp³-hybridized carbons (Fsp3) is 0.778. The summed E-state index contributed by atoms with van der Waals surface area (Å²) >= 11 is 0. The largest absolute Gasteiger partial charge is 0.481 e. The highest BCUT2D eigenvalue weighted by Gasteiger charge is 2.15. The Morgan fingerprint density at radius 2 is 2.07 bits per heavy atom. The van der Waals surface area contributed by atoms with Gasteiger partial charge in [0.2, 0.25) is 5.91 Å². The van der Waals surface area contributed by atoms with Crippen LogP contribution in [0.15, 0.2) is 0 Å². The van der Waals surface area contributed by atoms with E-state index in [-0.39, 0.29) is 18.4 Å². The van der Waals surface area contributed by atoms with Crippen LogP contribution in [0.4, 0.5) is 0 Å². The van der Waals surface area contributed by atoms with Crippen molar-refractivity contribution in [3.63, 3.8) is 0 Å². The number of rotatable bonds is 6. The van der Waals surface area contributed by atoms with E-state index < -0.39 is 12.0 Å². The average molecular weight is 202 g/mol. The van der Waals surface area contributed by atoms with E-state index in [2.05, 4.69) is 5.32 Å². The third kappa shape index (κ3) is 5.53. The van der Waals surface area contributed by atoms with Crippen LogP contribution in [0.5, 0.6) is 0 Å². The quantitative estimate of drug-likeness (QED) is 0.569. The monoisotopic (exact) mass is 202 g/mol. The molecule has 0 saturated heterocycles. The lowest BCUT2D eigenvalue weighted by atomic mass is 10.1. The van der Waals surface area contributed by atoms with E-state index in [1.807, 2.05) is 6.92 Å². The fourth-order valence-electron chi connectivity index (χ4n) is 1.10. The number of aliphatic carboxylic acids is 1. The number of nitrogens with one attached hydrogen (secondary N) is 1. The maximum atomic E-state index is 11.3. The highest BCUT2D eigenvalue weighted by atomic mass is 16.4. The minimum Gasteiger partial charge on any atom is -0.481 e. The van der Waals surface area contributed by atoms with Crippen LogP contribution in [-0.2, 0) is 9.59 Å². The molecule has 0 fully saturated rings. The highest BCUT2D eigenvalue weighted by Crippen LogP contribution is 1.96. The van der Waals surface area contributed by atoms with Crippen LogP contribution in [0.2, 0.25) is 0 Å². The van der Waals surface area contributed by atoms with E-state index in [4.69, 9.17) is 10.8 Å². The van der Waals surface area contributed by atoms with Gasteiger partial charge in [-0.1, -0.05) is 13.3 Å². The molecule has 0 heterocycles. The third-order valence-electron chi connectivity index (χ3n) is 1.81. The smallest absolute Gasteiger partial charge is 0.305 e. The highest BCUT2D eigenvalue weighted by molar-refractivity contribution is 5.82. The lowest BCUT2D eigenvalue weighted by molar-refractivity contribution is -0.137. The third-order valence-corrected chi connectivity index (χ3v) is 1.81. The molecule has 1 amide bonds. The summed E-state index contributed by atoms with van der Waals surface area (Å²) in [5.41, 5.74) is 5.55. The Bertz CT molecular complexity index is 206. The van der Waals surface area contributed by atoms with E-state index in [0.717, 1.165) is 6.42 Å². The molecule has 0 spiro atoms. The molecule has 0 aliphatic carbocycles. The Kier molecular flexibility index (Phi) is 5.87. The Morgan fingerprint density at radius 1 is 1.50 bits per heavy atom. The summed E-state index contributed by atoms with van der Waals surface area (Å²) in [6.45, 7) is 3.58. The van der Waals surface area contributed by atoms with Crippen LogP contribution in [0.3, 0.4) is 0 Å². The molecule has 82 valence electrons. The maximum absolute atomic E-state index is 11.3. The molecule has 0 aliphatic rings. The van der Waals surface area contributed by atoms with Crippen LogP contribution < -0.4 is 11.1 Å². The number of hydrogen-bond acceptors (Lipinski definition) is 3. The maximum Gasteiger partial charge on any atom is 0.305 e. The molecule has 0 bridgehead atoms. The van der Waals surface area contributed by atoms with Crippen LogP contribution in [0, 0.1) is 0 Å². The normalized spacial score (nSPS) is 14.5. The SMILES string of the molecule is CCCC(N)C(=O)NC(C)CC(=O)O. The standard InChI is InChI=1S/C9H18N2O3/c1-3-4-7(10)9(14)11-6(2)5-8(12)13/h6-7H,3-5,10H2,1-2H3,(H,11,14)(H,12,13). The van der Waals surface area contributed by atoms with Gasteiger partial charge in [-0.3, -0.25) is 9.59 Å². The number of carbonyl (C=O) groups excluding carboxylic acids is 1. The van der Waals surface area contributed by atoms with Gasteiger partial charge in [-0.2, -0.15) is 0 Å². The predicted octanol–water partition coefficient (Wildman–Crippen LogP) is 0.0932. The van der Waals surface area contributed by atoms with E-state index >= 15 is 0 Å². The van der Waals surface area contributed by atoms with Crippen molar-refractivity contribution in [1.29, 1.82) is 0 Å². The Morgan fingerprint density at radius 3 is 2.50 bits per heavy atom. The Balaban J connectivity index is 3.86. The first kappa shape index (κ1) is 12.9. The van der Waals surface area contributed by atoms with Crippen LogP contribution >= 0.6 is 0 Å². The molecule has 0 radical (unpaired) electrons. The van der Waals surface area contributed by atoms with Crippen molar-refractivity contribution in [2.45, 2.75) is 45.2 Å². The van der Waals surface area contributed by atoms with Crippen molar-refractivity contribution >= 4 is 11.9 Å². The summed E-state index contributed by atoms with van der Waals surface area (Å²) in [7, 11) is 0. The van der Waals surface area contributed by atoms with Gasteiger partial charge in [-0.25, -0.2) is 0 Å². The van der Waals surface area contributed by atoms with Gasteiger partial charge in [0, 0.05) is 6.04 Å². The zero-order valence-corrected chi connectivity index (χ0v) is 8.62. The summed E-state index contributed by atoms with van der Waals surface area (Å²) < 4.78 is 0. The molecule has 0 saturated carbocycles. The van der Waals surface area contributed by atoms with Gasteiger partial charge in [-0.15, -0.1) is 0 Å². The summed E-state index contributed by atoms with van der Waals surface area (Å²) in [5, 5.41) is 11.0. The second-order valence-electron chi connectivity index (χ2n) is 3.40. The molecule has 0 aromatic rings. The van der Waals surface area contributed by atoms with Crippen molar-refractivity contribution in [3.05, 3.63) is 0 Å². The van der Waals surface area contributed by atoms with Crippen molar-refractivity contribution in [3.8, 4) is 0 Å². The first-order valence-electron chi connectivity index (χ1n) is 4.75. The molecule has 0 rings (SSSR count). The van der Waals surface area contributed by atoms with Gasteiger partial charge in [0.15, 0.2) is 0 Å². The lowest BCUT2D eigenvalue weighted by Gasteiger charge is -2.15. The zero-order valence-electron chi connectivity index (χ0n) is 8.62. The molecular weight excluding hydrogens is 184 g/mol. The molecule has 2 unspecified atom stereocenters. The first-order chi connectivity index (χ1) is 6.47. The molecule has 4 N–H and O–H groups in total. The van der Waals surface area contributed by atoms with Crippen molar-refractivity contribution in [1.82, 2.24) is 5.32 Å². The van der Waals surface area contributed by atoms with Crippen molar-refractivity contribution in [2.24, 2.45) is 5.73 Å². The van der Waals surface area contributed by atoms with E-state index in [1.54, 1.807) is 6.92 Å². The van der Waals surface area contributed by atoms with Gasteiger partial charge < -0.3 is 16.2 Å². The number of carbonyl (C=O) groups is 2. The van der Waals surface area contributed by atoms with Crippen LogP contribution in [0.1, 0.15) is 33.1 Å². The topological polar surface area (TPSA) is 92.4 Å². The lowest BCUT2D eigenvalue weighted by Crippen LogP contribution is -2.44. The minimum atomic E-state index is -0.929. The fourth-order valence-corrected chi connectivity index (χ4v) is 1.10. The second-order valence-corrected chi connectivity index (χ2v) is 3.40. The van der Waals surface area contributed by atoms with E-state index in [0.29, 0.717) is 6.42 Å². The van der Waals surface area contributed by atoms with Gasteiger partial charge in [0.1, 0.15) is 0 Å². The predicted molar refractivity (Wildman–Crippen MR) is 52.7 cm³/mol. The second kappa shape index (κ2) is 6.37. The number of carboxylic acids is 1. The minimum absolute atomic E-state index is 0.0788. The average Bonchev–Trinajstić information content (AvgIpc) is 2.02. The molecule has 5 heteroatoms. The number of carboxylic acid groups (broad SMARTS) is 1. The molecule has 0 aromatic carbocycles. The zero-order chi connectivity index (χ0) is 11.1. The number of hydrogen-bond donors (Lipinski definition) is 3. The molecule has 0 aromatic heterocycles. The molecular formula is C9H18N2O3. The van der Waals surface area contributed by atoms with Gasteiger partial charge >= 0.3 is 5.97 Å². The summed E-state index contributed by atoms with van der Waals surface area (Å²) in [5.74, 6) is -1.21. The molecule has 0 aliphatic heterocycles. The molecule has 14 heavy (non-hydrogen) atoms. The first-order valence-corrected chi connectivity index (χ1v) is 4.75. The summed E-state index contributed by atoms with van der Waals surface area (Å²) in [4.78, 5) is 21.6. The van der Waals surface area contributed by atoms with Crippen LogP contribution in [0.25, 0.3) is 0 Å². The Labute approximate surface area is 83.7 Å². The van der Waals surface area contributed by atoms with Gasteiger partial charge in [0.05, 0.1) is 12.5 Å². The Hall–Kier alpha value is -1.10. The van der Waals surface area contributed by atoms with Gasteiger partial charge in [-0.05, 0) is 13.3 Å². The summed E-state index contributed by atoms with van der Waals surface area (Å²) in [6, 6.07) is -0.904.